The quantitative estimate of drug-likeness (QED) is 0.358. The summed E-state index contributed by atoms with van der Waals surface area (Å²) in [7, 11) is -3.92. The summed E-state index contributed by atoms with van der Waals surface area (Å²) in [6.45, 7) is 1.98. The average Bonchev–Trinajstić information content (AvgIpc) is 2.81. The van der Waals surface area contributed by atoms with Crippen LogP contribution in [0, 0.1) is 6.92 Å². The Kier molecular flexibility index (Phi) is 6.78. The standard InChI is InChI=1S/C23H18Cl2N4O3S/c1-15-7-9-17(10-8-15)33(30,31)29-22-23(32-14-16-4-3-11-26-12-16)28-20(13-27-22)18-5-2-6-19(24)21(18)25/h2-13H,14H2,1H3,(H,27,29). The van der Waals surface area contributed by atoms with Crippen LogP contribution in [0.3, 0.4) is 0 Å². The molecular formula is C23H18Cl2N4O3S. The highest BCUT2D eigenvalue weighted by molar-refractivity contribution is 7.92. The Morgan fingerprint density at radius 1 is 1.00 bits per heavy atom. The van der Waals surface area contributed by atoms with Gasteiger partial charge in [0.2, 0.25) is 5.82 Å². The van der Waals surface area contributed by atoms with E-state index in [0.717, 1.165) is 11.1 Å². The van der Waals surface area contributed by atoms with Crippen molar-refractivity contribution in [3.05, 3.63) is 94.4 Å². The average molecular weight is 501 g/mol. The maximum Gasteiger partial charge on any atom is 0.263 e. The maximum atomic E-state index is 12.9. The molecule has 0 amide bonds. The van der Waals surface area contributed by atoms with Crippen molar-refractivity contribution in [1.29, 1.82) is 0 Å². The number of rotatable bonds is 7. The highest BCUT2D eigenvalue weighted by Gasteiger charge is 2.20. The van der Waals surface area contributed by atoms with Crippen LogP contribution in [0.5, 0.6) is 5.88 Å². The minimum Gasteiger partial charge on any atom is -0.470 e. The van der Waals surface area contributed by atoms with Gasteiger partial charge in [-0.15, -0.1) is 0 Å². The fraction of sp³-hybridized carbons (Fsp3) is 0.0870. The van der Waals surface area contributed by atoms with Crippen LogP contribution < -0.4 is 9.46 Å². The summed E-state index contributed by atoms with van der Waals surface area (Å²) in [5.41, 5.74) is 2.63. The van der Waals surface area contributed by atoms with E-state index in [1.807, 2.05) is 13.0 Å². The van der Waals surface area contributed by atoms with Gasteiger partial charge in [0, 0.05) is 23.5 Å². The lowest BCUT2D eigenvalue weighted by atomic mass is 10.1. The lowest BCUT2D eigenvalue weighted by Gasteiger charge is -2.14. The van der Waals surface area contributed by atoms with Crippen molar-refractivity contribution < 1.29 is 13.2 Å². The number of anilines is 1. The molecule has 10 heteroatoms. The first-order valence-electron chi connectivity index (χ1n) is 9.76. The Hall–Kier alpha value is -3.20. The summed E-state index contributed by atoms with van der Waals surface area (Å²) < 4.78 is 34.1. The highest BCUT2D eigenvalue weighted by Crippen LogP contribution is 2.34. The lowest BCUT2D eigenvalue weighted by molar-refractivity contribution is 0.294. The van der Waals surface area contributed by atoms with E-state index in [1.54, 1.807) is 48.8 Å². The van der Waals surface area contributed by atoms with Gasteiger partial charge in [-0.3, -0.25) is 9.71 Å². The van der Waals surface area contributed by atoms with Crippen molar-refractivity contribution in [1.82, 2.24) is 15.0 Å². The molecule has 2 aromatic carbocycles. The van der Waals surface area contributed by atoms with Gasteiger partial charge in [0.1, 0.15) is 6.61 Å². The Labute approximate surface area is 201 Å². The smallest absolute Gasteiger partial charge is 0.263 e. The highest BCUT2D eigenvalue weighted by atomic mass is 35.5. The Morgan fingerprint density at radius 2 is 1.79 bits per heavy atom. The molecule has 0 atom stereocenters. The lowest BCUT2D eigenvalue weighted by Crippen LogP contribution is -2.16. The number of pyridine rings is 1. The number of nitrogens with one attached hydrogen (secondary N) is 1. The molecule has 7 nitrogen and oxygen atoms in total. The second kappa shape index (κ2) is 9.74. The van der Waals surface area contributed by atoms with E-state index < -0.39 is 10.0 Å². The Morgan fingerprint density at radius 3 is 2.52 bits per heavy atom. The summed E-state index contributed by atoms with van der Waals surface area (Å²) in [5.74, 6) is -0.0653. The largest absolute Gasteiger partial charge is 0.470 e. The minimum absolute atomic E-state index is 0.0110. The predicted octanol–water partition coefficient (Wildman–Crippen LogP) is 5.53. The van der Waals surface area contributed by atoms with Crippen LogP contribution >= 0.6 is 23.2 Å². The van der Waals surface area contributed by atoms with Gasteiger partial charge in [0.05, 0.1) is 26.8 Å². The molecule has 0 bridgehead atoms. The molecule has 0 aliphatic carbocycles. The molecule has 0 spiro atoms. The zero-order valence-electron chi connectivity index (χ0n) is 17.4. The summed E-state index contributed by atoms with van der Waals surface area (Å²) in [4.78, 5) is 12.9. The molecule has 4 rings (SSSR count). The molecule has 2 heterocycles. The Bertz CT molecular complexity index is 1380. The molecule has 0 aliphatic rings. The van der Waals surface area contributed by atoms with Gasteiger partial charge in [-0.2, -0.15) is 0 Å². The molecule has 1 N–H and O–H groups in total. The van der Waals surface area contributed by atoms with Gasteiger partial charge >= 0.3 is 0 Å². The van der Waals surface area contributed by atoms with Gasteiger partial charge in [0.15, 0.2) is 0 Å². The van der Waals surface area contributed by atoms with E-state index in [-0.39, 0.29) is 23.2 Å². The monoisotopic (exact) mass is 500 g/mol. The fourth-order valence-corrected chi connectivity index (χ4v) is 4.32. The number of ether oxygens (including phenoxy) is 1. The van der Waals surface area contributed by atoms with Gasteiger partial charge in [-0.05, 0) is 31.2 Å². The van der Waals surface area contributed by atoms with Crippen LogP contribution in [0.1, 0.15) is 11.1 Å². The van der Waals surface area contributed by atoms with Crippen LogP contribution in [-0.2, 0) is 16.6 Å². The second-order valence-electron chi connectivity index (χ2n) is 7.08. The van der Waals surface area contributed by atoms with Crippen LogP contribution in [0.25, 0.3) is 11.3 Å². The third-order valence-corrected chi connectivity index (χ3v) is 6.80. The van der Waals surface area contributed by atoms with E-state index in [4.69, 9.17) is 27.9 Å². The molecule has 0 saturated heterocycles. The van der Waals surface area contributed by atoms with Crippen molar-refractivity contribution in [3.63, 3.8) is 0 Å². The normalized spacial score (nSPS) is 11.2. The number of sulfonamides is 1. The first-order chi connectivity index (χ1) is 15.8. The molecule has 33 heavy (non-hydrogen) atoms. The zero-order valence-corrected chi connectivity index (χ0v) is 19.7. The number of halogens is 2. The summed E-state index contributed by atoms with van der Waals surface area (Å²) in [5, 5.41) is 0.664. The fourth-order valence-electron chi connectivity index (χ4n) is 2.91. The Balaban J connectivity index is 1.72. The third-order valence-electron chi connectivity index (χ3n) is 4.63. The number of aryl methyl sites for hydroxylation is 1. The van der Waals surface area contributed by atoms with Crippen molar-refractivity contribution >= 4 is 39.0 Å². The molecule has 4 aromatic rings. The minimum atomic E-state index is -3.92. The molecule has 2 aromatic heterocycles. The van der Waals surface area contributed by atoms with E-state index in [9.17, 15) is 8.42 Å². The number of hydrogen-bond donors (Lipinski definition) is 1. The summed E-state index contributed by atoms with van der Waals surface area (Å²) in [6.07, 6.45) is 4.69. The first kappa shape index (κ1) is 23.0. The topological polar surface area (TPSA) is 94.1 Å². The van der Waals surface area contributed by atoms with Gasteiger partial charge in [-0.25, -0.2) is 18.4 Å². The van der Waals surface area contributed by atoms with Gasteiger partial charge < -0.3 is 4.74 Å². The van der Waals surface area contributed by atoms with Crippen LogP contribution in [0.4, 0.5) is 5.82 Å². The van der Waals surface area contributed by atoms with Gasteiger partial charge in [0.25, 0.3) is 15.9 Å². The number of benzene rings is 2. The van der Waals surface area contributed by atoms with E-state index >= 15 is 0 Å². The van der Waals surface area contributed by atoms with Crippen LogP contribution in [0.2, 0.25) is 10.0 Å². The van der Waals surface area contributed by atoms with E-state index in [0.29, 0.717) is 21.3 Å². The van der Waals surface area contributed by atoms with Crippen molar-refractivity contribution in [2.45, 2.75) is 18.4 Å². The van der Waals surface area contributed by atoms with Crippen molar-refractivity contribution in [2.24, 2.45) is 0 Å². The maximum absolute atomic E-state index is 12.9. The zero-order chi connectivity index (χ0) is 23.4. The van der Waals surface area contributed by atoms with E-state index in [2.05, 4.69) is 19.7 Å². The molecule has 168 valence electrons. The van der Waals surface area contributed by atoms with Crippen LogP contribution in [-0.4, -0.2) is 23.4 Å². The summed E-state index contributed by atoms with van der Waals surface area (Å²) >= 11 is 12.5. The predicted molar refractivity (Wildman–Crippen MR) is 128 cm³/mol. The molecule has 0 unspecified atom stereocenters. The second-order valence-corrected chi connectivity index (χ2v) is 9.55. The van der Waals surface area contributed by atoms with Crippen molar-refractivity contribution in [3.8, 4) is 17.1 Å². The summed E-state index contributed by atoms with van der Waals surface area (Å²) in [6, 6.07) is 15.2. The van der Waals surface area contributed by atoms with Gasteiger partial charge in [-0.1, -0.05) is 59.1 Å². The first-order valence-corrected chi connectivity index (χ1v) is 12.0. The third kappa shape index (κ3) is 5.42. The number of hydrogen-bond acceptors (Lipinski definition) is 6. The molecule has 0 fully saturated rings. The SMILES string of the molecule is Cc1ccc(S(=O)(=O)Nc2ncc(-c3cccc(Cl)c3Cl)nc2OCc2cccnc2)cc1. The molecule has 0 radical (unpaired) electrons. The van der Waals surface area contributed by atoms with Crippen molar-refractivity contribution in [2.75, 3.05) is 4.72 Å². The van der Waals surface area contributed by atoms with E-state index in [1.165, 1.54) is 18.3 Å². The van der Waals surface area contributed by atoms with Crippen LogP contribution in [0.15, 0.2) is 78.1 Å². The number of aromatic nitrogens is 3. The number of nitrogens with zero attached hydrogens (tertiary/aromatic N) is 3. The molecule has 0 saturated carbocycles. The molecule has 0 aliphatic heterocycles. The molecular weight excluding hydrogens is 483 g/mol.